The number of nitrogens with one attached hydrogen (secondary N) is 1. The first-order chi connectivity index (χ1) is 9.86. The minimum absolute atomic E-state index is 0.434. The van der Waals surface area contributed by atoms with Crippen molar-refractivity contribution in [1.29, 1.82) is 0 Å². The van der Waals surface area contributed by atoms with Crippen molar-refractivity contribution in [1.82, 2.24) is 10.3 Å². The molecular formula is C17H20N2O. The summed E-state index contributed by atoms with van der Waals surface area (Å²) in [5.41, 5.74) is 2.39. The van der Waals surface area contributed by atoms with Crippen molar-refractivity contribution in [2.45, 2.75) is 25.4 Å². The van der Waals surface area contributed by atoms with Gasteiger partial charge >= 0.3 is 0 Å². The van der Waals surface area contributed by atoms with Crippen LogP contribution in [0.25, 0.3) is 0 Å². The summed E-state index contributed by atoms with van der Waals surface area (Å²) in [6, 6.07) is 17.0. The van der Waals surface area contributed by atoms with Crippen LogP contribution in [0.1, 0.15) is 30.1 Å². The second kappa shape index (κ2) is 6.06. The lowest BCUT2D eigenvalue weighted by Crippen LogP contribution is -2.23. The van der Waals surface area contributed by atoms with E-state index in [-0.39, 0.29) is 0 Å². The van der Waals surface area contributed by atoms with Gasteiger partial charge in [-0.3, -0.25) is 0 Å². The molecule has 1 atom stereocenters. The highest BCUT2D eigenvalue weighted by Gasteiger charge is 2.31. The molecule has 0 amide bonds. The van der Waals surface area contributed by atoms with Gasteiger partial charge in [0.2, 0.25) is 5.88 Å². The molecule has 0 bridgehead atoms. The third kappa shape index (κ3) is 3.17. The van der Waals surface area contributed by atoms with Crippen LogP contribution >= 0.6 is 0 Å². The van der Waals surface area contributed by atoms with Crippen molar-refractivity contribution < 1.29 is 4.74 Å². The molecule has 2 aromatic rings. The summed E-state index contributed by atoms with van der Waals surface area (Å²) in [5.74, 6) is 1.44. The Balaban J connectivity index is 1.68. The zero-order valence-electron chi connectivity index (χ0n) is 11.8. The van der Waals surface area contributed by atoms with E-state index >= 15 is 0 Å². The fraction of sp³-hybridized carbons (Fsp3) is 0.353. The number of hydrogen-bond acceptors (Lipinski definition) is 3. The average molecular weight is 268 g/mol. The highest BCUT2D eigenvalue weighted by atomic mass is 16.5. The largest absolute Gasteiger partial charge is 0.481 e. The topological polar surface area (TPSA) is 34.1 Å². The highest BCUT2D eigenvalue weighted by Crippen LogP contribution is 2.41. The predicted octanol–water partition coefficient (Wildman–Crippen LogP) is 3.33. The van der Waals surface area contributed by atoms with E-state index in [1.54, 1.807) is 7.11 Å². The Morgan fingerprint density at radius 1 is 1.15 bits per heavy atom. The van der Waals surface area contributed by atoms with Gasteiger partial charge in [0.25, 0.3) is 0 Å². The van der Waals surface area contributed by atoms with Crippen molar-refractivity contribution in [3.8, 4) is 5.88 Å². The summed E-state index contributed by atoms with van der Waals surface area (Å²) in [7, 11) is 1.65. The fourth-order valence-electron chi connectivity index (χ4n) is 2.53. The zero-order chi connectivity index (χ0) is 13.8. The number of rotatable bonds is 6. The quantitative estimate of drug-likeness (QED) is 0.872. The van der Waals surface area contributed by atoms with E-state index in [9.17, 15) is 0 Å². The SMILES string of the molecule is COc1cccc(CNC(c2ccccc2)C2CC2)n1. The van der Waals surface area contributed by atoms with Gasteiger partial charge in [0.15, 0.2) is 0 Å². The van der Waals surface area contributed by atoms with E-state index in [0.717, 1.165) is 18.2 Å². The van der Waals surface area contributed by atoms with Crippen molar-refractivity contribution in [3.05, 3.63) is 59.8 Å². The van der Waals surface area contributed by atoms with Crippen molar-refractivity contribution in [2.75, 3.05) is 7.11 Å². The zero-order valence-corrected chi connectivity index (χ0v) is 11.8. The smallest absolute Gasteiger partial charge is 0.213 e. The highest BCUT2D eigenvalue weighted by molar-refractivity contribution is 5.22. The maximum absolute atomic E-state index is 5.17. The number of benzene rings is 1. The molecule has 3 nitrogen and oxygen atoms in total. The molecule has 1 fully saturated rings. The van der Waals surface area contributed by atoms with E-state index in [4.69, 9.17) is 4.74 Å². The summed E-state index contributed by atoms with van der Waals surface area (Å²) < 4.78 is 5.17. The number of hydrogen-bond donors (Lipinski definition) is 1. The number of methoxy groups -OCH3 is 1. The van der Waals surface area contributed by atoms with Crippen LogP contribution in [0.5, 0.6) is 5.88 Å². The Hall–Kier alpha value is -1.87. The van der Waals surface area contributed by atoms with E-state index < -0.39 is 0 Å². The molecule has 0 radical (unpaired) electrons. The third-order valence-corrected chi connectivity index (χ3v) is 3.75. The summed E-state index contributed by atoms with van der Waals surface area (Å²) in [5, 5.41) is 3.65. The van der Waals surface area contributed by atoms with Gasteiger partial charge in [-0.25, -0.2) is 4.98 Å². The molecule has 1 N–H and O–H groups in total. The van der Waals surface area contributed by atoms with E-state index in [2.05, 4.69) is 40.6 Å². The number of pyridine rings is 1. The minimum atomic E-state index is 0.434. The molecule has 20 heavy (non-hydrogen) atoms. The molecule has 0 spiro atoms. The standard InChI is InChI=1S/C17H20N2O/c1-20-16-9-5-8-15(19-16)12-18-17(14-10-11-14)13-6-3-2-4-7-13/h2-9,14,17-18H,10-12H2,1H3. The molecule has 0 saturated heterocycles. The van der Waals surface area contributed by atoms with Gasteiger partial charge in [-0.2, -0.15) is 0 Å². The Bertz CT molecular complexity index is 552. The molecule has 0 aliphatic heterocycles. The first-order valence-corrected chi connectivity index (χ1v) is 7.15. The molecule has 1 saturated carbocycles. The van der Waals surface area contributed by atoms with Crippen LogP contribution < -0.4 is 10.1 Å². The monoisotopic (exact) mass is 268 g/mol. The van der Waals surface area contributed by atoms with E-state index in [1.165, 1.54) is 18.4 Å². The molecule has 1 aliphatic carbocycles. The first kappa shape index (κ1) is 13.1. The molecular weight excluding hydrogens is 248 g/mol. The van der Waals surface area contributed by atoms with E-state index in [0.29, 0.717) is 11.9 Å². The molecule has 1 heterocycles. The second-order valence-corrected chi connectivity index (χ2v) is 5.28. The lowest BCUT2D eigenvalue weighted by molar-refractivity contribution is 0.394. The van der Waals surface area contributed by atoms with Gasteiger partial charge < -0.3 is 10.1 Å². The van der Waals surface area contributed by atoms with Gasteiger partial charge in [0.1, 0.15) is 0 Å². The molecule has 1 unspecified atom stereocenters. The third-order valence-electron chi connectivity index (χ3n) is 3.75. The van der Waals surface area contributed by atoms with Crippen LogP contribution in [0.2, 0.25) is 0 Å². The minimum Gasteiger partial charge on any atom is -0.481 e. The Labute approximate surface area is 120 Å². The van der Waals surface area contributed by atoms with E-state index in [1.807, 2.05) is 18.2 Å². The van der Waals surface area contributed by atoms with Gasteiger partial charge in [0, 0.05) is 18.7 Å². The van der Waals surface area contributed by atoms with Gasteiger partial charge in [-0.15, -0.1) is 0 Å². The molecule has 104 valence electrons. The molecule has 1 aliphatic rings. The van der Waals surface area contributed by atoms with Gasteiger partial charge in [0.05, 0.1) is 12.8 Å². The number of aromatic nitrogens is 1. The lowest BCUT2D eigenvalue weighted by Gasteiger charge is -2.18. The van der Waals surface area contributed by atoms with Crippen LogP contribution in [0.3, 0.4) is 0 Å². The predicted molar refractivity (Wildman–Crippen MR) is 79.5 cm³/mol. The van der Waals surface area contributed by atoms with Crippen LogP contribution in [0.15, 0.2) is 48.5 Å². The summed E-state index contributed by atoms with van der Waals surface area (Å²) in [6.45, 7) is 0.771. The van der Waals surface area contributed by atoms with Crippen LogP contribution in [-0.4, -0.2) is 12.1 Å². The molecule has 3 rings (SSSR count). The number of nitrogens with zero attached hydrogens (tertiary/aromatic N) is 1. The number of ether oxygens (including phenoxy) is 1. The lowest BCUT2D eigenvalue weighted by atomic mass is 10.0. The Morgan fingerprint density at radius 2 is 1.95 bits per heavy atom. The summed E-state index contributed by atoms with van der Waals surface area (Å²) >= 11 is 0. The van der Waals surface area contributed by atoms with Crippen molar-refractivity contribution in [3.63, 3.8) is 0 Å². The van der Waals surface area contributed by atoms with Crippen LogP contribution in [0.4, 0.5) is 0 Å². The average Bonchev–Trinajstić information content (AvgIpc) is 3.34. The van der Waals surface area contributed by atoms with Gasteiger partial charge in [-0.1, -0.05) is 36.4 Å². The first-order valence-electron chi connectivity index (χ1n) is 7.15. The Morgan fingerprint density at radius 3 is 2.65 bits per heavy atom. The summed E-state index contributed by atoms with van der Waals surface area (Å²) in [4.78, 5) is 4.45. The molecule has 1 aromatic carbocycles. The van der Waals surface area contributed by atoms with Crippen LogP contribution in [-0.2, 0) is 6.54 Å². The maximum atomic E-state index is 5.17. The van der Waals surface area contributed by atoms with Gasteiger partial charge in [-0.05, 0) is 30.4 Å². The Kier molecular flexibility index (Phi) is 3.97. The second-order valence-electron chi connectivity index (χ2n) is 5.28. The maximum Gasteiger partial charge on any atom is 0.213 e. The normalized spacial score (nSPS) is 15.8. The fourth-order valence-corrected chi connectivity index (χ4v) is 2.53. The molecule has 3 heteroatoms. The summed E-state index contributed by atoms with van der Waals surface area (Å²) in [6.07, 6.45) is 2.64. The van der Waals surface area contributed by atoms with Crippen molar-refractivity contribution in [2.24, 2.45) is 5.92 Å². The molecule has 1 aromatic heterocycles. The van der Waals surface area contributed by atoms with Crippen LogP contribution in [0, 0.1) is 5.92 Å². The van der Waals surface area contributed by atoms with Crippen molar-refractivity contribution >= 4 is 0 Å².